The Balaban J connectivity index is 2.58. The minimum absolute atomic E-state index is 0.268. The fourth-order valence-electron chi connectivity index (χ4n) is 4.14. The van der Waals surface area contributed by atoms with Crippen molar-refractivity contribution < 1.29 is 18.8 Å². The zero-order chi connectivity index (χ0) is 24.3. The van der Waals surface area contributed by atoms with Crippen LogP contribution in [-0.4, -0.2) is 33.3 Å². The quantitative estimate of drug-likeness (QED) is 0.142. The molecule has 2 rings (SSSR count). The van der Waals surface area contributed by atoms with Gasteiger partial charge in [0.2, 0.25) is 0 Å². The molecule has 0 N–H and O–H groups in total. The molecule has 0 aliphatic carbocycles. The van der Waals surface area contributed by atoms with Crippen LogP contribution >= 0.6 is 0 Å². The molecule has 0 fully saturated rings. The van der Waals surface area contributed by atoms with Crippen molar-refractivity contribution in [2.75, 3.05) is 7.11 Å². The maximum absolute atomic E-state index is 13.2. The first-order valence-electron chi connectivity index (χ1n) is 11.8. The van der Waals surface area contributed by atoms with Crippen molar-refractivity contribution in [3.8, 4) is 0 Å². The molecule has 0 unspecified atom stereocenters. The summed E-state index contributed by atoms with van der Waals surface area (Å²) in [5.41, 5.74) is 0. The molecule has 0 radical (unpaired) electrons. The summed E-state index contributed by atoms with van der Waals surface area (Å²) in [6.07, 6.45) is 6.95. The average molecular weight is 467 g/mol. The molecule has 0 aliphatic rings. The van der Waals surface area contributed by atoms with Crippen LogP contribution in [0.2, 0.25) is 5.04 Å². The third kappa shape index (κ3) is 6.99. The van der Waals surface area contributed by atoms with E-state index in [-0.39, 0.29) is 17.2 Å². The fraction of sp³-hybridized carbons (Fsp3) is 0.429. The van der Waals surface area contributed by atoms with E-state index in [0.717, 1.165) is 36.1 Å². The summed E-state index contributed by atoms with van der Waals surface area (Å²) in [5, 5.41) is 1.92. The lowest BCUT2D eigenvalue weighted by Gasteiger charge is -2.44. The smallest absolute Gasteiger partial charge is 0.313 e. The van der Waals surface area contributed by atoms with Crippen LogP contribution in [0.3, 0.4) is 0 Å². The number of benzene rings is 2. The van der Waals surface area contributed by atoms with Crippen molar-refractivity contribution in [3.05, 3.63) is 72.8 Å². The Morgan fingerprint density at radius 2 is 1.48 bits per heavy atom. The molecule has 0 aliphatic heterocycles. The normalized spacial score (nSPS) is 13.1. The van der Waals surface area contributed by atoms with E-state index >= 15 is 0 Å². The van der Waals surface area contributed by atoms with Crippen molar-refractivity contribution in [1.82, 2.24) is 0 Å². The summed E-state index contributed by atoms with van der Waals surface area (Å²) in [5.74, 6) is -0.822. The number of rotatable bonds is 12. The van der Waals surface area contributed by atoms with E-state index in [2.05, 4.69) is 52.0 Å². The summed E-state index contributed by atoms with van der Waals surface area (Å²) >= 11 is 0. The number of hydrogen-bond acceptors (Lipinski definition) is 4. The maximum atomic E-state index is 13.2. The Labute approximate surface area is 200 Å². The number of esters is 1. The van der Waals surface area contributed by atoms with Gasteiger partial charge in [0.05, 0.1) is 7.11 Å². The van der Waals surface area contributed by atoms with Crippen molar-refractivity contribution in [3.63, 3.8) is 0 Å². The second-order valence-electron chi connectivity index (χ2n) is 9.34. The topological polar surface area (TPSA) is 52.6 Å². The highest BCUT2D eigenvalue weighted by molar-refractivity contribution is 6.99. The Morgan fingerprint density at radius 3 is 1.94 bits per heavy atom. The average Bonchev–Trinajstić information content (AvgIpc) is 2.81. The molecule has 33 heavy (non-hydrogen) atoms. The van der Waals surface area contributed by atoms with E-state index in [1.807, 2.05) is 48.6 Å². The Morgan fingerprint density at radius 1 is 0.939 bits per heavy atom. The first kappa shape index (κ1) is 26.7. The standard InChI is InChI=1S/C28H38O4Si/c1-6-7-8-9-16-21-26(25(29)22-27(30)31-5)32-33(28(2,3)4,23-17-12-10-13-18-23)24-19-14-11-15-20-24/h10-21,26H,6-9,22H2,1-5H3/b21-16+/t26-/m0/s1. The number of hydrogen-bond donors (Lipinski definition) is 0. The summed E-state index contributed by atoms with van der Waals surface area (Å²) in [7, 11) is -1.64. The fourth-order valence-corrected chi connectivity index (χ4v) is 8.75. The lowest BCUT2D eigenvalue weighted by atomic mass is 10.1. The van der Waals surface area contributed by atoms with Crippen LogP contribution in [0.15, 0.2) is 72.8 Å². The van der Waals surface area contributed by atoms with Crippen LogP contribution in [0.25, 0.3) is 0 Å². The lowest BCUT2D eigenvalue weighted by molar-refractivity contribution is -0.144. The second-order valence-corrected chi connectivity index (χ2v) is 13.6. The molecule has 0 bridgehead atoms. The van der Waals surface area contributed by atoms with Gasteiger partial charge in [0, 0.05) is 0 Å². The number of carbonyl (C=O) groups excluding carboxylic acids is 2. The molecule has 2 aromatic rings. The molecular weight excluding hydrogens is 428 g/mol. The molecule has 4 nitrogen and oxygen atoms in total. The summed E-state index contributed by atoms with van der Waals surface area (Å²) < 4.78 is 11.8. The van der Waals surface area contributed by atoms with Gasteiger partial charge in [0.15, 0.2) is 5.78 Å². The van der Waals surface area contributed by atoms with Gasteiger partial charge in [-0.25, -0.2) is 0 Å². The number of ketones is 1. The third-order valence-electron chi connectivity index (χ3n) is 5.87. The lowest BCUT2D eigenvalue weighted by Crippen LogP contribution is -2.68. The van der Waals surface area contributed by atoms with Gasteiger partial charge < -0.3 is 9.16 Å². The molecule has 0 aromatic heterocycles. The van der Waals surface area contributed by atoms with Gasteiger partial charge in [0.1, 0.15) is 12.5 Å². The van der Waals surface area contributed by atoms with E-state index in [4.69, 9.17) is 9.16 Å². The van der Waals surface area contributed by atoms with Gasteiger partial charge in [0.25, 0.3) is 8.32 Å². The molecule has 0 spiro atoms. The second kappa shape index (κ2) is 12.7. The minimum Gasteiger partial charge on any atom is -0.469 e. The molecule has 0 saturated heterocycles. The van der Waals surface area contributed by atoms with Crippen LogP contribution in [0.5, 0.6) is 0 Å². The SMILES string of the molecule is CCCCC/C=C/[C@H](O[Si](c1ccccc1)(c1ccccc1)C(C)(C)C)C(=O)CC(=O)OC. The number of methoxy groups -OCH3 is 1. The van der Waals surface area contributed by atoms with Crippen molar-refractivity contribution in [2.45, 2.75) is 70.9 Å². The monoisotopic (exact) mass is 466 g/mol. The number of unbranched alkanes of at least 4 members (excludes halogenated alkanes) is 3. The Kier molecular flexibility index (Phi) is 10.3. The van der Waals surface area contributed by atoms with Gasteiger partial charge in [-0.05, 0) is 28.3 Å². The number of carbonyl (C=O) groups is 2. The summed E-state index contributed by atoms with van der Waals surface area (Å²) in [4.78, 5) is 25.2. The van der Waals surface area contributed by atoms with Crippen LogP contribution in [0.1, 0.15) is 59.8 Å². The molecule has 2 aromatic carbocycles. The largest absolute Gasteiger partial charge is 0.469 e. The van der Waals surface area contributed by atoms with E-state index in [0.29, 0.717) is 0 Å². The van der Waals surface area contributed by atoms with Gasteiger partial charge in [-0.1, -0.05) is 113 Å². The number of allylic oxidation sites excluding steroid dienone is 1. The minimum atomic E-state index is -2.94. The zero-order valence-corrected chi connectivity index (χ0v) is 21.7. The van der Waals surface area contributed by atoms with Crippen LogP contribution < -0.4 is 10.4 Å². The van der Waals surface area contributed by atoms with Gasteiger partial charge in [-0.15, -0.1) is 0 Å². The molecule has 0 saturated carbocycles. The molecule has 5 heteroatoms. The summed E-state index contributed by atoms with van der Waals surface area (Å²) in [6.45, 7) is 8.68. The number of Topliss-reactive ketones (excluding diaryl/α,β-unsaturated/α-hetero) is 1. The molecule has 1 atom stereocenters. The predicted molar refractivity (Wildman–Crippen MR) is 137 cm³/mol. The van der Waals surface area contributed by atoms with Crippen LogP contribution in [-0.2, 0) is 18.8 Å². The highest BCUT2D eigenvalue weighted by Crippen LogP contribution is 2.37. The van der Waals surface area contributed by atoms with Crippen molar-refractivity contribution >= 4 is 30.4 Å². The van der Waals surface area contributed by atoms with Crippen LogP contribution in [0, 0.1) is 0 Å². The van der Waals surface area contributed by atoms with E-state index in [1.54, 1.807) is 0 Å². The highest BCUT2D eigenvalue weighted by Gasteiger charge is 2.52. The van der Waals surface area contributed by atoms with E-state index < -0.39 is 20.4 Å². The maximum Gasteiger partial charge on any atom is 0.313 e. The van der Waals surface area contributed by atoms with Gasteiger partial charge in [-0.3, -0.25) is 9.59 Å². The van der Waals surface area contributed by atoms with E-state index in [9.17, 15) is 9.59 Å². The first-order chi connectivity index (χ1) is 15.8. The van der Waals surface area contributed by atoms with Gasteiger partial charge in [-0.2, -0.15) is 0 Å². The van der Waals surface area contributed by atoms with Gasteiger partial charge >= 0.3 is 5.97 Å². The van der Waals surface area contributed by atoms with E-state index in [1.165, 1.54) is 7.11 Å². The third-order valence-corrected chi connectivity index (χ3v) is 10.9. The van der Waals surface area contributed by atoms with Crippen molar-refractivity contribution in [1.29, 1.82) is 0 Å². The molecule has 0 amide bonds. The highest BCUT2D eigenvalue weighted by atomic mass is 28.4. The van der Waals surface area contributed by atoms with Crippen LogP contribution in [0.4, 0.5) is 0 Å². The number of ether oxygens (including phenoxy) is 1. The van der Waals surface area contributed by atoms with Crippen molar-refractivity contribution in [2.24, 2.45) is 0 Å². The predicted octanol–water partition coefficient (Wildman–Crippen LogP) is 5.20. The molecular formula is C28H38O4Si. The molecule has 178 valence electrons. The first-order valence-corrected chi connectivity index (χ1v) is 13.7. The zero-order valence-electron chi connectivity index (χ0n) is 20.7. The summed E-state index contributed by atoms with van der Waals surface area (Å²) in [6, 6.07) is 20.4. The molecule has 0 heterocycles. The Hall–Kier alpha value is -2.50. The Bertz CT molecular complexity index is 861.